The first-order valence-electron chi connectivity index (χ1n) is 25.6. The molecule has 21 heteroatoms. The predicted molar refractivity (Wildman–Crippen MR) is 278 cm³/mol. The van der Waals surface area contributed by atoms with Gasteiger partial charge in [-0.15, -0.1) is 0 Å². The largest absolute Gasteiger partial charge is 0.481 e. The molecule has 19 atom stereocenters. The van der Waals surface area contributed by atoms with E-state index in [1.54, 1.807) is 19.9 Å². The molecule has 424 valence electrons. The maximum atomic E-state index is 12.7. The molecule has 0 radical (unpaired) electrons. The van der Waals surface area contributed by atoms with Gasteiger partial charge in [0.1, 0.15) is 24.2 Å². The van der Waals surface area contributed by atoms with Gasteiger partial charge in [-0.05, 0) is 46.1 Å². The minimum Gasteiger partial charge on any atom is -0.481 e. The lowest BCUT2D eigenvalue weighted by Gasteiger charge is -2.47. The summed E-state index contributed by atoms with van der Waals surface area (Å²) >= 11 is 0. The van der Waals surface area contributed by atoms with Gasteiger partial charge in [-0.1, -0.05) is 107 Å². The highest BCUT2D eigenvalue weighted by molar-refractivity contribution is 6.76. The van der Waals surface area contributed by atoms with E-state index in [0.717, 1.165) is 0 Å². The first-order valence-corrected chi connectivity index (χ1v) is 29.3. The number of aliphatic hydroxyl groups is 9. The number of hydrogen-bond acceptors (Lipinski definition) is 18. The van der Waals surface area contributed by atoms with Crippen LogP contribution in [0.15, 0.2) is 73.4 Å². The number of carbonyl (C=O) groups is 3. The number of rotatable bonds is 32. The summed E-state index contributed by atoms with van der Waals surface area (Å²) in [6.07, 6.45) is -0.503. The number of carboxylic acid groups (broad SMARTS) is 1. The van der Waals surface area contributed by atoms with Crippen LogP contribution in [-0.4, -0.2) is 188 Å². The zero-order valence-corrected chi connectivity index (χ0v) is 45.7. The zero-order chi connectivity index (χ0) is 55.9. The molecule has 74 heavy (non-hydrogen) atoms. The molecule has 2 aliphatic heterocycles. The van der Waals surface area contributed by atoms with E-state index in [0.29, 0.717) is 6.04 Å². The summed E-state index contributed by atoms with van der Waals surface area (Å²) in [4.78, 5) is 37.7. The van der Waals surface area contributed by atoms with E-state index in [9.17, 15) is 65.4 Å². The van der Waals surface area contributed by atoms with E-state index in [-0.39, 0.29) is 44.6 Å². The number of methoxy groups -OCH3 is 1. The molecule has 0 spiro atoms. The van der Waals surface area contributed by atoms with E-state index in [1.165, 1.54) is 21.0 Å². The molecule has 0 aliphatic carbocycles. The molecule has 2 rings (SSSR count). The molecule has 19 unspecified atom stereocenters. The van der Waals surface area contributed by atoms with Crippen molar-refractivity contribution >= 4 is 26.1 Å². The third kappa shape index (κ3) is 23.7. The number of aliphatic carboxylic acids is 1. The molecule has 1 amide bonds. The number of ether oxygens (including phenoxy) is 6. The van der Waals surface area contributed by atoms with Gasteiger partial charge in [0.25, 0.3) is 0 Å². The van der Waals surface area contributed by atoms with Crippen LogP contribution in [0.25, 0.3) is 0 Å². The first kappa shape index (κ1) is 66.5. The number of alkyl carbamates (subject to hydrolysis) is 1. The fraction of sp³-hybridized carbons (Fsp3) is 0.717. The number of hydrogen-bond donors (Lipinski definition) is 11. The lowest BCUT2D eigenvalue weighted by Crippen LogP contribution is -2.64. The second-order valence-corrected chi connectivity index (χ2v) is 26.6. The maximum Gasteiger partial charge on any atom is 0.407 e. The van der Waals surface area contributed by atoms with E-state index in [1.807, 2.05) is 67.7 Å². The van der Waals surface area contributed by atoms with Gasteiger partial charge in [0.2, 0.25) is 0 Å². The van der Waals surface area contributed by atoms with Gasteiger partial charge in [-0.2, -0.15) is 0 Å². The molecule has 2 saturated heterocycles. The highest BCUT2D eigenvalue weighted by Gasteiger charge is 2.52. The van der Waals surface area contributed by atoms with Crippen LogP contribution in [0.2, 0.25) is 25.7 Å². The van der Waals surface area contributed by atoms with Crippen LogP contribution in [0.3, 0.4) is 0 Å². The SMILES string of the molecule is C=C/C=C/C=C/C=C/C=C/C=C/C(C)C(O)C(C)C(C)OC(=O)CC(O)CC(O)CCC(O)C(O)CC(O)CC1(OC)CC(O)C(C(=O)O)C(CC(C)OC2OC(C)C(O)C(NC(=O)OCC[Si](C)(C)C)C2O)O1. The molecule has 2 aliphatic rings. The Morgan fingerprint density at radius 1 is 0.824 bits per heavy atom. The van der Waals surface area contributed by atoms with Crippen molar-refractivity contribution in [2.24, 2.45) is 17.8 Å². The van der Waals surface area contributed by atoms with Crippen LogP contribution in [-0.2, 0) is 38.0 Å². The fourth-order valence-corrected chi connectivity index (χ4v) is 9.37. The standard InChI is InChI=1S/C53H89NO19Si/c1-11-12-13-14-15-16-17-18-19-20-21-32(2)47(62)34(4)35(5)71-44(61)29-38(56)27-37(55)22-23-40(58)41(59)28-39(57)30-53(68-7)31-42(60)45(50(65)66)43(73-53)26-33(3)70-51-49(64)46(48(63)36(6)72-51)54-52(67)69-24-25-74(8,9)10/h11-21,32-43,45-49,51,55-60,62-64H,1,22-31H2,2-10H3,(H,54,67)(H,65,66)/b13-12+,15-14+,17-16+,19-18+,21-20+. The molecule has 20 nitrogen and oxygen atoms in total. The molecular formula is C53H89NO19Si. The fourth-order valence-electron chi connectivity index (χ4n) is 8.66. The molecule has 0 aromatic rings. The summed E-state index contributed by atoms with van der Waals surface area (Å²) in [6, 6.07) is -0.544. The van der Waals surface area contributed by atoms with Gasteiger partial charge in [-0.25, -0.2) is 4.79 Å². The third-order valence-electron chi connectivity index (χ3n) is 13.3. The number of amides is 1. The number of esters is 1. The Morgan fingerprint density at radius 3 is 2.01 bits per heavy atom. The van der Waals surface area contributed by atoms with Crippen molar-refractivity contribution in [3.63, 3.8) is 0 Å². The third-order valence-corrected chi connectivity index (χ3v) is 15.0. The maximum absolute atomic E-state index is 12.7. The van der Waals surface area contributed by atoms with Crippen molar-refractivity contribution in [1.82, 2.24) is 5.32 Å². The van der Waals surface area contributed by atoms with Crippen LogP contribution in [0.4, 0.5) is 4.79 Å². The van der Waals surface area contributed by atoms with Gasteiger partial charge in [0.05, 0.1) is 80.1 Å². The van der Waals surface area contributed by atoms with Crippen LogP contribution in [0.5, 0.6) is 0 Å². The Morgan fingerprint density at radius 2 is 1.43 bits per heavy atom. The molecule has 2 fully saturated rings. The number of aliphatic hydroxyl groups excluding tert-OH is 9. The van der Waals surface area contributed by atoms with Crippen LogP contribution in [0.1, 0.15) is 86.0 Å². The van der Waals surface area contributed by atoms with Crippen molar-refractivity contribution in [3.05, 3.63) is 73.4 Å². The molecule has 0 aromatic carbocycles. The highest BCUT2D eigenvalue weighted by atomic mass is 28.3. The number of allylic oxidation sites excluding steroid dienone is 10. The predicted octanol–water partition coefficient (Wildman–Crippen LogP) is 3.55. The van der Waals surface area contributed by atoms with Crippen molar-refractivity contribution in [1.29, 1.82) is 0 Å². The van der Waals surface area contributed by atoms with E-state index in [2.05, 4.69) is 31.5 Å². The van der Waals surface area contributed by atoms with Crippen LogP contribution < -0.4 is 5.32 Å². The number of nitrogens with one attached hydrogen (secondary N) is 1. The minimum atomic E-state index is -1.78. The molecule has 2 heterocycles. The van der Waals surface area contributed by atoms with E-state index >= 15 is 0 Å². The monoisotopic (exact) mass is 1070 g/mol. The first-order chi connectivity index (χ1) is 34.6. The molecular weight excluding hydrogens is 983 g/mol. The lowest BCUT2D eigenvalue weighted by molar-refractivity contribution is -0.318. The molecule has 0 bridgehead atoms. The smallest absolute Gasteiger partial charge is 0.407 e. The summed E-state index contributed by atoms with van der Waals surface area (Å²) in [5.74, 6) is -6.11. The second-order valence-electron chi connectivity index (χ2n) is 21.0. The topological polar surface area (TPSA) is 321 Å². The Balaban J connectivity index is 1.91. The zero-order valence-electron chi connectivity index (χ0n) is 44.7. The average molecular weight is 1070 g/mol. The highest BCUT2D eigenvalue weighted by Crippen LogP contribution is 2.40. The van der Waals surface area contributed by atoms with Crippen LogP contribution >= 0.6 is 0 Å². The lowest BCUT2D eigenvalue weighted by atomic mass is 9.82. The summed E-state index contributed by atoms with van der Waals surface area (Å²) < 4.78 is 34.3. The Bertz CT molecular complexity index is 1840. The average Bonchev–Trinajstić information content (AvgIpc) is 3.30. The summed E-state index contributed by atoms with van der Waals surface area (Å²) in [5.41, 5.74) is 0. The van der Waals surface area contributed by atoms with E-state index < -0.39 is 155 Å². The van der Waals surface area contributed by atoms with Crippen molar-refractivity contribution in [2.45, 2.75) is 209 Å². The van der Waals surface area contributed by atoms with Crippen molar-refractivity contribution < 1.29 is 93.9 Å². The Hall–Kier alpha value is -3.65. The van der Waals surface area contributed by atoms with Gasteiger partial charge < -0.3 is 84.8 Å². The summed E-state index contributed by atoms with van der Waals surface area (Å²) in [6.45, 7) is 18.4. The van der Waals surface area contributed by atoms with Crippen molar-refractivity contribution in [2.75, 3.05) is 13.7 Å². The van der Waals surface area contributed by atoms with Gasteiger partial charge >= 0.3 is 18.0 Å². The summed E-state index contributed by atoms with van der Waals surface area (Å²) in [7, 11) is -0.280. The normalized spacial score (nSPS) is 29.2. The summed E-state index contributed by atoms with van der Waals surface area (Å²) in [5, 5.41) is 110. The van der Waals surface area contributed by atoms with Crippen LogP contribution in [0, 0.1) is 17.8 Å². The Labute approximate surface area is 438 Å². The molecule has 11 N–H and O–H groups in total. The molecule has 0 aromatic heterocycles. The Kier molecular flexibility index (Phi) is 29.5. The minimum absolute atomic E-state index is 0.0948. The second kappa shape index (κ2) is 32.8. The van der Waals surface area contributed by atoms with Gasteiger partial charge in [0, 0.05) is 52.7 Å². The molecule has 0 saturated carbocycles. The van der Waals surface area contributed by atoms with Gasteiger partial charge in [-0.3, -0.25) is 9.59 Å². The quantitative estimate of drug-likeness (QED) is 0.0261. The number of carbonyl (C=O) groups excluding carboxylic acids is 2. The number of carboxylic acids is 1. The van der Waals surface area contributed by atoms with E-state index in [4.69, 9.17) is 28.4 Å². The van der Waals surface area contributed by atoms with Gasteiger partial charge in [0.15, 0.2) is 12.1 Å². The van der Waals surface area contributed by atoms with Crippen molar-refractivity contribution in [3.8, 4) is 0 Å².